The maximum absolute atomic E-state index is 4.47. The number of hydrogen-bond acceptors (Lipinski definition) is 2. The quantitative estimate of drug-likeness (QED) is 0.724. The third-order valence-electron chi connectivity index (χ3n) is 4.56. The molecule has 0 aliphatic heterocycles. The van der Waals surface area contributed by atoms with Crippen LogP contribution in [0.1, 0.15) is 35.6 Å². The monoisotopic (exact) mass is 291 g/mol. The van der Waals surface area contributed by atoms with Crippen molar-refractivity contribution in [2.24, 2.45) is 0 Å². The molecule has 112 valence electrons. The molecule has 3 heteroatoms. The molecule has 0 N–H and O–H groups in total. The van der Waals surface area contributed by atoms with Crippen LogP contribution in [-0.4, -0.2) is 14.8 Å². The molecule has 0 saturated heterocycles. The molecule has 0 radical (unpaired) electrons. The van der Waals surface area contributed by atoms with Crippen LogP contribution in [0.3, 0.4) is 0 Å². The summed E-state index contributed by atoms with van der Waals surface area (Å²) < 4.78 is 1.98. The molecule has 0 fully saturated rings. The van der Waals surface area contributed by atoms with Gasteiger partial charge in [0.1, 0.15) is 18.2 Å². The van der Waals surface area contributed by atoms with Crippen LogP contribution >= 0.6 is 0 Å². The topological polar surface area (TPSA) is 30.7 Å². The van der Waals surface area contributed by atoms with E-state index in [2.05, 4.69) is 73.3 Å². The average Bonchev–Trinajstić information content (AvgIpc) is 3.08. The van der Waals surface area contributed by atoms with E-state index in [9.17, 15) is 0 Å². The Hall–Kier alpha value is -2.42. The molecule has 2 aromatic carbocycles. The average molecular weight is 291 g/mol. The summed E-state index contributed by atoms with van der Waals surface area (Å²) >= 11 is 0. The smallest absolute Gasteiger partial charge is 0.137 e. The third-order valence-corrected chi connectivity index (χ3v) is 4.56. The zero-order valence-corrected chi connectivity index (χ0v) is 13.3. The number of aryl methyl sites for hydroxylation is 2. The first-order chi connectivity index (χ1) is 10.7. The maximum atomic E-state index is 4.47. The molecule has 0 aliphatic rings. The molecule has 1 unspecified atom stereocenters. The summed E-state index contributed by atoms with van der Waals surface area (Å²) in [5.41, 5.74) is 4.75. The second-order valence-corrected chi connectivity index (χ2v) is 5.72. The first-order valence-electron chi connectivity index (χ1n) is 7.67. The van der Waals surface area contributed by atoms with Crippen molar-refractivity contribution in [2.75, 3.05) is 0 Å². The molecule has 3 rings (SSSR count). The molecule has 1 atom stereocenters. The molecule has 1 aromatic heterocycles. The molecular weight excluding hydrogens is 270 g/mol. The summed E-state index contributed by atoms with van der Waals surface area (Å²) in [5.74, 6) is 0. The molecule has 0 spiro atoms. The fraction of sp³-hybridized carbons (Fsp3) is 0.263. The van der Waals surface area contributed by atoms with Crippen LogP contribution in [0.15, 0.2) is 61.2 Å². The number of rotatable bonds is 4. The van der Waals surface area contributed by atoms with Gasteiger partial charge in [-0.15, -0.1) is 0 Å². The van der Waals surface area contributed by atoms with Crippen LogP contribution in [0.25, 0.3) is 0 Å². The minimum atomic E-state index is -0.323. The predicted octanol–water partition coefficient (Wildman–Crippen LogP) is 4.10. The molecule has 1 heterocycles. The van der Waals surface area contributed by atoms with Gasteiger partial charge in [-0.1, -0.05) is 55.5 Å². The highest BCUT2D eigenvalue weighted by Crippen LogP contribution is 2.37. The van der Waals surface area contributed by atoms with E-state index < -0.39 is 0 Å². The minimum absolute atomic E-state index is 0.323. The van der Waals surface area contributed by atoms with E-state index in [1.54, 1.807) is 6.33 Å². The minimum Gasteiger partial charge on any atom is -0.238 e. The van der Waals surface area contributed by atoms with Gasteiger partial charge in [0.25, 0.3) is 0 Å². The van der Waals surface area contributed by atoms with Crippen molar-refractivity contribution in [3.05, 3.63) is 83.4 Å². The lowest BCUT2D eigenvalue weighted by Gasteiger charge is -2.34. The Kier molecular flexibility index (Phi) is 3.80. The van der Waals surface area contributed by atoms with Crippen LogP contribution in [0.5, 0.6) is 0 Å². The van der Waals surface area contributed by atoms with Crippen molar-refractivity contribution >= 4 is 0 Å². The molecule has 3 nitrogen and oxygen atoms in total. The second-order valence-electron chi connectivity index (χ2n) is 5.72. The van der Waals surface area contributed by atoms with Gasteiger partial charge in [-0.05, 0) is 42.5 Å². The molecule has 22 heavy (non-hydrogen) atoms. The normalized spacial score (nSPS) is 13.8. The highest BCUT2D eigenvalue weighted by Gasteiger charge is 2.35. The molecule has 0 saturated carbocycles. The van der Waals surface area contributed by atoms with Crippen molar-refractivity contribution in [3.63, 3.8) is 0 Å². The standard InChI is InChI=1S/C19H21N3/c1-4-19(22-14-20-13-21-22,17-8-6-5-7-9-17)18-11-10-15(2)16(3)12-18/h5-14H,4H2,1-3H3. The molecule has 0 aliphatic carbocycles. The van der Waals surface area contributed by atoms with E-state index >= 15 is 0 Å². The summed E-state index contributed by atoms with van der Waals surface area (Å²) in [7, 11) is 0. The van der Waals surface area contributed by atoms with Gasteiger partial charge < -0.3 is 0 Å². The summed E-state index contributed by atoms with van der Waals surface area (Å²) in [5, 5.41) is 4.47. The Morgan fingerprint density at radius 3 is 2.32 bits per heavy atom. The van der Waals surface area contributed by atoms with E-state index in [-0.39, 0.29) is 5.54 Å². The van der Waals surface area contributed by atoms with E-state index in [1.165, 1.54) is 22.3 Å². The third kappa shape index (κ3) is 2.23. The number of benzene rings is 2. The van der Waals surface area contributed by atoms with E-state index in [4.69, 9.17) is 0 Å². The van der Waals surface area contributed by atoms with Gasteiger partial charge in [-0.2, -0.15) is 5.10 Å². The van der Waals surface area contributed by atoms with Crippen molar-refractivity contribution < 1.29 is 0 Å². The van der Waals surface area contributed by atoms with Crippen molar-refractivity contribution in [1.29, 1.82) is 0 Å². The zero-order chi connectivity index (χ0) is 15.6. The Morgan fingerprint density at radius 2 is 1.73 bits per heavy atom. The zero-order valence-electron chi connectivity index (χ0n) is 13.3. The van der Waals surface area contributed by atoms with E-state index in [0.717, 1.165) is 6.42 Å². The van der Waals surface area contributed by atoms with Crippen molar-refractivity contribution in [1.82, 2.24) is 14.8 Å². The Balaban J connectivity index is 2.29. The van der Waals surface area contributed by atoms with Gasteiger partial charge in [0.15, 0.2) is 0 Å². The first-order valence-corrected chi connectivity index (χ1v) is 7.67. The summed E-state index contributed by atoms with van der Waals surface area (Å²) in [4.78, 5) is 4.18. The van der Waals surface area contributed by atoms with Crippen LogP contribution in [-0.2, 0) is 5.54 Å². The summed E-state index contributed by atoms with van der Waals surface area (Å²) in [6.45, 7) is 6.50. The summed E-state index contributed by atoms with van der Waals surface area (Å²) in [6, 6.07) is 17.2. The molecule has 3 aromatic rings. The van der Waals surface area contributed by atoms with Crippen molar-refractivity contribution in [3.8, 4) is 0 Å². The predicted molar refractivity (Wildman–Crippen MR) is 88.8 cm³/mol. The lowest BCUT2D eigenvalue weighted by Crippen LogP contribution is -2.36. The Labute approximate surface area is 131 Å². The fourth-order valence-corrected chi connectivity index (χ4v) is 3.12. The van der Waals surface area contributed by atoms with Gasteiger partial charge in [-0.25, -0.2) is 9.67 Å². The van der Waals surface area contributed by atoms with Gasteiger partial charge >= 0.3 is 0 Å². The molecular formula is C19H21N3. The number of nitrogens with zero attached hydrogens (tertiary/aromatic N) is 3. The SMILES string of the molecule is CCC(c1ccccc1)(c1ccc(C)c(C)c1)n1cncn1. The largest absolute Gasteiger partial charge is 0.238 e. The lowest BCUT2D eigenvalue weighted by molar-refractivity contribution is 0.373. The summed E-state index contributed by atoms with van der Waals surface area (Å²) in [6.07, 6.45) is 4.32. The second kappa shape index (κ2) is 5.76. The lowest BCUT2D eigenvalue weighted by atomic mass is 9.80. The molecule has 0 amide bonds. The van der Waals surface area contributed by atoms with Crippen LogP contribution in [0.2, 0.25) is 0 Å². The Bertz CT molecular complexity index is 748. The van der Waals surface area contributed by atoms with Crippen LogP contribution in [0, 0.1) is 13.8 Å². The highest BCUT2D eigenvalue weighted by molar-refractivity contribution is 5.42. The maximum Gasteiger partial charge on any atom is 0.137 e. The van der Waals surface area contributed by atoms with Crippen LogP contribution < -0.4 is 0 Å². The number of hydrogen-bond donors (Lipinski definition) is 0. The van der Waals surface area contributed by atoms with E-state index in [0.29, 0.717) is 0 Å². The van der Waals surface area contributed by atoms with Crippen LogP contribution in [0.4, 0.5) is 0 Å². The Morgan fingerprint density at radius 1 is 0.955 bits per heavy atom. The number of aromatic nitrogens is 3. The highest BCUT2D eigenvalue weighted by atomic mass is 15.4. The van der Waals surface area contributed by atoms with Gasteiger partial charge in [-0.3, -0.25) is 0 Å². The van der Waals surface area contributed by atoms with Gasteiger partial charge in [0.2, 0.25) is 0 Å². The van der Waals surface area contributed by atoms with Crippen molar-refractivity contribution in [2.45, 2.75) is 32.7 Å². The first kappa shape index (κ1) is 14.5. The van der Waals surface area contributed by atoms with E-state index in [1.807, 2.05) is 17.1 Å². The fourth-order valence-electron chi connectivity index (χ4n) is 3.12. The molecule has 0 bridgehead atoms. The van der Waals surface area contributed by atoms with Gasteiger partial charge in [0, 0.05) is 0 Å². The van der Waals surface area contributed by atoms with Gasteiger partial charge in [0.05, 0.1) is 0 Å².